The fraction of sp³-hybridized carbons (Fsp3) is 0.312. The molecule has 0 fully saturated rings. The zero-order chi connectivity index (χ0) is 12.8. The number of rotatable bonds is 6. The molecular weight excluding hydrogens is 220 g/mol. The van der Waals surface area contributed by atoms with E-state index in [1.165, 1.54) is 24.0 Å². The van der Waals surface area contributed by atoms with Gasteiger partial charge in [0.15, 0.2) is 0 Å². The smallest absolute Gasteiger partial charge is 0.0948 e. The Bertz CT molecular complexity index is 468. The molecule has 2 nitrogen and oxygen atoms in total. The molecule has 0 bridgehead atoms. The quantitative estimate of drug-likeness (QED) is 0.743. The maximum absolute atomic E-state index is 4.14. The molecule has 1 aromatic heterocycles. The van der Waals surface area contributed by atoms with E-state index in [4.69, 9.17) is 0 Å². The van der Waals surface area contributed by atoms with Crippen LogP contribution < -0.4 is 0 Å². The Morgan fingerprint density at radius 2 is 2.11 bits per heavy atom. The number of imidazole rings is 1. The minimum absolute atomic E-state index is 0.507. The lowest BCUT2D eigenvalue weighted by molar-refractivity contribution is 0.458. The van der Waals surface area contributed by atoms with Crippen LogP contribution in [0.15, 0.2) is 49.6 Å². The van der Waals surface area contributed by atoms with Gasteiger partial charge >= 0.3 is 0 Å². The lowest BCUT2D eigenvalue weighted by atomic mass is 10.0. The van der Waals surface area contributed by atoms with Gasteiger partial charge in [-0.2, -0.15) is 0 Å². The largest absolute Gasteiger partial charge is 0.334 e. The van der Waals surface area contributed by atoms with Crippen molar-refractivity contribution in [2.45, 2.75) is 32.2 Å². The molecule has 0 aliphatic carbocycles. The Kier molecular flexibility index (Phi) is 4.35. The second-order valence-electron chi connectivity index (χ2n) is 4.60. The lowest BCUT2D eigenvalue weighted by Gasteiger charge is -2.18. The van der Waals surface area contributed by atoms with Gasteiger partial charge in [-0.1, -0.05) is 50.3 Å². The molecule has 0 N–H and O–H groups in total. The molecule has 1 unspecified atom stereocenters. The molecule has 0 saturated heterocycles. The third-order valence-corrected chi connectivity index (χ3v) is 3.26. The number of aromatic nitrogens is 2. The van der Waals surface area contributed by atoms with Crippen molar-refractivity contribution in [2.75, 3.05) is 0 Å². The van der Waals surface area contributed by atoms with Gasteiger partial charge in [0.1, 0.15) is 0 Å². The van der Waals surface area contributed by atoms with E-state index in [0.29, 0.717) is 6.04 Å². The van der Waals surface area contributed by atoms with Crippen LogP contribution in [0.5, 0.6) is 0 Å². The van der Waals surface area contributed by atoms with E-state index in [1.54, 1.807) is 0 Å². The van der Waals surface area contributed by atoms with Gasteiger partial charge in [-0.05, 0) is 24.0 Å². The third kappa shape index (κ3) is 3.10. The molecule has 18 heavy (non-hydrogen) atoms. The van der Waals surface area contributed by atoms with E-state index in [9.17, 15) is 0 Å². The summed E-state index contributed by atoms with van der Waals surface area (Å²) in [4.78, 5) is 4.14. The Balaban J connectivity index is 2.10. The van der Waals surface area contributed by atoms with E-state index in [0.717, 1.165) is 6.42 Å². The fourth-order valence-corrected chi connectivity index (χ4v) is 2.24. The van der Waals surface area contributed by atoms with E-state index in [2.05, 4.69) is 53.5 Å². The minimum Gasteiger partial charge on any atom is -0.334 e. The first-order chi connectivity index (χ1) is 8.83. The van der Waals surface area contributed by atoms with Crippen LogP contribution in [0.1, 0.15) is 36.9 Å². The normalized spacial score (nSPS) is 12.3. The highest BCUT2D eigenvalue weighted by Gasteiger charge is 2.10. The van der Waals surface area contributed by atoms with E-state index in [1.807, 2.05) is 18.6 Å². The SMILES string of the molecule is C=Cc1ccc(CC(CCC)n2ccnc2)cc1. The van der Waals surface area contributed by atoms with Crippen molar-refractivity contribution in [2.24, 2.45) is 0 Å². The first kappa shape index (κ1) is 12.6. The number of hydrogen-bond donors (Lipinski definition) is 0. The van der Waals surface area contributed by atoms with Crippen molar-refractivity contribution in [3.05, 3.63) is 60.7 Å². The summed E-state index contributed by atoms with van der Waals surface area (Å²) in [7, 11) is 0. The molecule has 0 saturated carbocycles. The monoisotopic (exact) mass is 240 g/mol. The second kappa shape index (κ2) is 6.20. The van der Waals surface area contributed by atoms with Crippen LogP contribution in [-0.2, 0) is 6.42 Å². The van der Waals surface area contributed by atoms with Crippen LogP contribution in [0.25, 0.3) is 6.08 Å². The molecule has 0 aliphatic rings. The average molecular weight is 240 g/mol. The van der Waals surface area contributed by atoms with Gasteiger partial charge in [0, 0.05) is 18.4 Å². The Hall–Kier alpha value is -1.83. The molecule has 0 spiro atoms. The van der Waals surface area contributed by atoms with Crippen molar-refractivity contribution < 1.29 is 0 Å². The zero-order valence-corrected chi connectivity index (χ0v) is 10.9. The summed E-state index contributed by atoms with van der Waals surface area (Å²) in [5.74, 6) is 0. The lowest BCUT2D eigenvalue weighted by Crippen LogP contribution is -2.10. The first-order valence-corrected chi connectivity index (χ1v) is 6.52. The molecule has 94 valence electrons. The molecular formula is C16H20N2. The predicted octanol–water partition coefficient (Wildman–Crippen LogP) is 4.11. The predicted molar refractivity (Wildman–Crippen MR) is 76.4 cm³/mol. The number of benzene rings is 1. The van der Waals surface area contributed by atoms with Gasteiger partial charge in [-0.3, -0.25) is 0 Å². The number of nitrogens with zero attached hydrogens (tertiary/aromatic N) is 2. The average Bonchev–Trinajstić information content (AvgIpc) is 2.93. The molecule has 0 radical (unpaired) electrons. The molecule has 2 rings (SSSR count). The van der Waals surface area contributed by atoms with E-state index in [-0.39, 0.29) is 0 Å². The highest BCUT2D eigenvalue weighted by atomic mass is 15.0. The van der Waals surface area contributed by atoms with Gasteiger partial charge in [0.2, 0.25) is 0 Å². The molecule has 1 heterocycles. The summed E-state index contributed by atoms with van der Waals surface area (Å²) in [5, 5.41) is 0. The minimum atomic E-state index is 0.507. The topological polar surface area (TPSA) is 17.8 Å². The number of hydrogen-bond acceptors (Lipinski definition) is 1. The maximum Gasteiger partial charge on any atom is 0.0948 e. The van der Waals surface area contributed by atoms with Crippen LogP contribution in [0, 0.1) is 0 Å². The van der Waals surface area contributed by atoms with Crippen molar-refractivity contribution in [1.82, 2.24) is 9.55 Å². The molecule has 2 heteroatoms. The maximum atomic E-state index is 4.14. The Morgan fingerprint density at radius 3 is 2.67 bits per heavy atom. The Morgan fingerprint density at radius 1 is 1.33 bits per heavy atom. The van der Waals surface area contributed by atoms with E-state index >= 15 is 0 Å². The summed E-state index contributed by atoms with van der Waals surface area (Å²) >= 11 is 0. The molecule has 0 aliphatic heterocycles. The van der Waals surface area contributed by atoms with Crippen molar-refractivity contribution in [3.63, 3.8) is 0 Å². The van der Waals surface area contributed by atoms with Crippen LogP contribution >= 0.6 is 0 Å². The standard InChI is InChI=1S/C16H20N2/c1-3-5-16(18-11-10-17-13-18)12-15-8-6-14(4-2)7-9-15/h4,6-11,13,16H,2-3,5,12H2,1H3. The third-order valence-electron chi connectivity index (χ3n) is 3.26. The van der Waals surface area contributed by atoms with Crippen LogP contribution in [0.4, 0.5) is 0 Å². The van der Waals surface area contributed by atoms with Crippen molar-refractivity contribution >= 4 is 6.08 Å². The fourth-order valence-electron chi connectivity index (χ4n) is 2.24. The molecule has 2 aromatic rings. The van der Waals surface area contributed by atoms with Gasteiger partial charge in [0.05, 0.1) is 6.33 Å². The second-order valence-corrected chi connectivity index (χ2v) is 4.60. The van der Waals surface area contributed by atoms with E-state index < -0.39 is 0 Å². The van der Waals surface area contributed by atoms with Crippen molar-refractivity contribution in [1.29, 1.82) is 0 Å². The van der Waals surface area contributed by atoms with Crippen molar-refractivity contribution in [3.8, 4) is 0 Å². The summed E-state index contributed by atoms with van der Waals surface area (Å²) in [6.07, 6.45) is 11.1. The highest BCUT2D eigenvalue weighted by Crippen LogP contribution is 2.20. The zero-order valence-electron chi connectivity index (χ0n) is 10.9. The Labute approximate surface area is 109 Å². The van der Waals surface area contributed by atoms with Crippen LogP contribution in [0.2, 0.25) is 0 Å². The summed E-state index contributed by atoms with van der Waals surface area (Å²) < 4.78 is 2.21. The van der Waals surface area contributed by atoms with Crippen LogP contribution in [-0.4, -0.2) is 9.55 Å². The molecule has 0 amide bonds. The van der Waals surface area contributed by atoms with Crippen LogP contribution in [0.3, 0.4) is 0 Å². The van der Waals surface area contributed by atoms with Gasteiger partial charge in [0.25, 0.3) is 0 Å². The highest BCUT2D eigenvalue weighted by molar-refractivity contribution is 5.47. The van der Waals surface area contributed by atoms with Gasteiger partial charge < -0.3 is 4.57 Å². The summed E-state index contributed by atoms with van der Waals surface area (Å²) in [6, 6.07) is 9.14. The first-order valence-electron chi connectivity index (χ1n) is 6.52. The van der Waals surface area contributed by atoms with Gasteiger partial charge in [-0.25, -0.2) is 4.98 Å². The molecule has 1 aromatic carbocycles. The molecule has 1 atom stereocenters. The summed E-state index contributed by atoms with van der Waals surface area (Å²) in [6.45, 7) is 6.01. The van der Waals surface area contributed by atoms with Gasteiger partial charge in [-0.15, -0.1) is 0 Å². The summed E-state index contributed by atoms with van der Waals surface area (Å²) in [5.41, 5.74) is 2.54.